The number of ether oxygens (including phenoxy) is 1. The fourth-order valence-electron chi connectivity index (χ4n) is 2.85. The molecule has 1 fully saturated rings. The Morgan fingerprint density at radius 3 is 2.62 bits per heavy atom. The number of rotatable bonds is 7. The summed E-state index contributed by atoms with van der Waals surface area (Å²) in [5.74, 6) is 0.406. The van der Waals surface area contributed by atoms with Gasteiger partial charge in [0, 0.05) is 30.9 Å². The van der Waals surface area contributed by atoms with Gasteiger partial charge in [-0.05, 0) is 48.9 Å². The van der Waals surface area contributed by atoms with Gasteiger partial charge in [0.25, 0.3) is 0 Å². The number of nitrogens with one attached hydrogen (secondary N) is 2. The molecule has 0 bridgehead atoms. The average molecular weight is 439 g/mol. The van der Waals surface area contributed by atoms with Crippen LogP contribution in [0.1, 0.15) is 12.5 Å². The van der Waals surface area contributed by atoms with Crippen molar-refractivity contribution in [2.24, 2.45) is 0 Å². The molecule has 10 heteroatoms. The van der Waals surface area contributed by atoms with Crippen LogP contribution in [0.5, 0.6) is 0 Å². The molecule has 1 atom stereocenters. The molecule has 0 saturated carbocycles. The summed E-state index contributed by atoms with van der Waals surface area (Å²) in [6.07, 6.45) is 1.69. The first kappa shape index (κ1) is 21.5. The minimum atomic E-state index is -3.82. The van der Waals surface area contributed by atoms with E-state index in [9.17, 15) is 13.2 Å². The molecule has 29 heavy (non-hydrogen) atoms. The van der Waals surface area contributed by atoms with Crippen molar-refractivity contribution in [3.63, 3.8) is 0 Å². The number of carbonyl (C=O) groups is 1. The van der Waals surface area contributed by atoms with Crippen LogP contribution in [0.2, 0.25) is 5.02 Å². The highest BCUT2D eigenvalue weighted by Crippen LogP contribution is 2.15. The third-order valence-electron chi connectivity index (χ3n) is 4.46. The van der Waals surface area contributed by atoms with E-state index < -0.39 is 22.0 Å². The molecule has 1 aliphatic rings. The van der Waals surface area contributed by atoms with E-state index in [2.05, 4.69) is 19.9 Å². The number of pyridine rings is 1. The number of hydrogen-bond acceptors (Lipinski definition) is 6. The highest BCUT2D eigenvalue weighted by atomic mass is 35.5. The number of carbonyl (C=O) groups excluding carboxylic acids is 1. The van der Waals surface area contributed by atoms with E-state index in [1.165, 1.54) is 31.2 Å². The normalized spacial score (nSPS) is 15.7. The van der Waals surface area contributed by atoms with Gasteiger partial charge in [0.1, 0.15) is 5.82 Å². The number of benzene rings is 1. The highest BCUT2D eigenvalue weighted by Gasteiger charge is 2.22. The van der Waals surface area contributed by atoms with Gasteiger partial charge < -0.3 is 15.0 Å². The Morgan fingerprint density at radius 1 is 1.24 bits per heavy atom. The molecule has 0 unspecified atom stereocenters. The van der Waals surface area contributed by atoms with Crippen LogP contribution in [0.3, 0.4) is 0 Å². The largest absolute Gasteiger partial charge is 0.378 e. The molecular weight excluding hydrogens is 416 g/mol. The number of hydrogen-bond donors (Lipinski definition) is 2. The van der Waals surface area contributed by atoms with Gasteiger partial charge in [0.2, 0.25) is 15.9 Å². The molecular formula is C19H23ClN4O4S. The smallest absolute Gasteiger partial charge is 0.241 e. The lowest BCUT2D eigenvalue weighted by Crippen LogP contribution is -2.44. The molecule has 1 aromatic carbocycles. The van der Waals surface area contributed by atoms with Gasteiger partial charge in [-0.2, -0.15) is 4.72 Å². The third kappa shape index (κ3) is 5.89. The second-order valence-electron chi connectivity index (χ2n) is 6.64. The maximum Gasteiger partial charge on any atom is 0.241 e. The molecule has 1 aromatic heterocycles. The van der Waals surface area contributed by atoms with E-state index in [1.54, 1.807) is 6.20 Å². The van der Waals surface area contributed by atoms with Gasteiger partial charge in [-0.15, -0.1) is 0 Å². The Labute approximate surface area is 175 Å². The molecule has 1 saturated heterocycles. The fraction of sp³-hybridized carbons (Fsp3) is 0.368. The van der Waals surface area contributed by atoms with Crippen molar-refractivity contribution in [1.82, 2.24) is 15.0 Å². The van der Waals surface area contributed by atoms with Crippen molar-refractivity contribution in [1.29, 1.82) is 0 Å². The van der Waals surface area contributed by atoms with Crippen LogP contribution in [-0.2, 0) is 26.1 Å². The molecule has 0 spiro atoms. The molecule has 156 valence electrons. The number of sulfonamides is 1. The van der Waals surface area contributed by atoms with Crippen LogP contribution in [0.4, 0.5) is 5.82 Å². The number of amides is 1. The van der Waals surface area contributed by atoms with Crippen LogP contribution >= 0.6 is 11.6 Å². The van der Waals surface area contributed by atoms with Crippen molar-refractivity contribution >= 4 is 33.3 Å². The van der Waals surface area contributed by atoms with E-state index >= 15 is 0 Å². The lowest BCUT2D eigenvalue weighted by molar-refractivity contribution is -0.122. The molecule has 3 rings (SSSR count). The van der Waals surface area contributed by atoms with Crippen LogP contribution < -0.4 is 14.9 Å². The molecule has 0 aliphatic carbocycles. The predicted octanol–water partition coefficient (Wildman–Crippen LogP) is 1.55. The van der Waals surface area contributed by atoms with Gasteiger partial charge in [-0.3, -0.25) is 4.79 Å². The number of aromatic nitrogens is 1. The first-order valence-electron chi connectivity index (χ1n) is 9.18. The number of anilines is 1. The SMILES string of the molecule is C[C@H](NS(=O)(=O)c1ccc(Cl)cc1)C(=O)NCc1ccnc(N2CCOCC2)c1. The van der Waals surface area contributed by atoms with Crippen LogP contribution in [-0.4, -0.2) is 51.7 Å². The molecule has 1 amide bonds. The van der Waals surface area contributed by atoms with Crippen LogP contribution in [0.15, 0.2) is 47.5 Å². The number of morpholine rings is 1. The van der Waals surface area contributed by atoms with E-state index in [0.717, 1.165) is 24.5 Å². The molecule has 8 nitrogen and oxygen atoms in total. The number of nitrogens with zero attached hydrogens (tertiary/aromatic N) is 2. The second kappa shape index (κ2) is 9.53. The zero-order chi connectivity index (χ0) is 20.9. The standard InChI is InChI=1S/C19H23ClN4O4S/c1-14(23-29(26,27)17-4-2-16(20)3-5-17)19(25)22-13-15-6-7-21-18(12-15)24-8-10-28-11-9-24/h2-7,12,14,23H,8-11,13H2,1H3,(H,22,25)/t14-/m0/s1. The van der Waals surface area contributed by atoms with Gasteiger partial charge in [-0.25, -0.2) is 13.4 Å². The van der Waals surface area contributed by atoms with Crippen LogP contribution in [0, 0.1) is 0 Å². The summed E-state index contributed by atoms with van der Waals surface area (Å²) in [6.45, 7) is 4.63. The summed E-state index contributed by atoms with van der Waals surface area (Å²) in [4.78, 5) is 18.9. The zero-order valence-electron chi connectivity index (χ0n) is 16.0. The Morgan fingerprint density at radius 2 is 1.93 bits per heavy atom. The van der Waals surface area contributed by atoms with Gasteiger partial charge in [-0.1, -0.05) is 11.6 Å². The van der Waals surface area contributed by atoms with Crippen LogP contribution in [0.25, 0.3) is 0 Å². The van der Waals surface area contributed by atoms with Gasteiger partial charge >= 0.3 is 0 Å². The Balaban J connectivity index is 1.56. The quantitative estimate of drug-likeness (QED) is 0.680. The third-order valence-corrected chi connectivity index (χ3v) is 6.27. The lowest BCUT2D eigenvalue weighted by atomic mass is 10.2. The van der Waals surface area contributed by atoms with Crippen molar-refractivity contribution in [3.05, 3.63) is 53.2 Å². The highest BCUT2D eigenvalue weighted by molar-refractivity contribution is 7.89. The Bertz CT molecular complexity index is 947. The van der Waals surface area contributed by atoms with Crippen molar-refractivity contribution in [3.8, 4) is 0 Å². The van der Waals surface area contributed by atoms with E-state index in [0.29, 0.717) is 18.2 Å². The van der Waals surface area contributed by atoms with Gasteiger partial charge in [0.15, 0.2) is 0 Å². The maximum atomic E-state index is 12.4. The van der Waals surface area contributed by atoms with E-state index in [-0.39, 0.29) is 11.4 Å². The summed E-state index contributed by atoms with van der Waals surface area (Å²) in [5.41, 5.74) is 0.877. The minimum Gasteiger partial charge on any atom is -0.378 e. The lowest BCUT2D eigenvalue weighted by Gasteiger charge is -2.28. The maximum absolute atomic E-state index is 12.4. The minimum absolute atomic E-state index is 0.0471. The van der Waals surface area contributed by atoms with Crippen molar-refractivity contribution in [2.45, 2.75) is 24.4 Å². The monoisotopic (exact) mass is 438 g/mol. The topological polar surface area (TPSA) is 101 Å². The summed E-state index contributed by atoms with van der Waals surface area (Å²) in [5, 5.41) is 3.19. The molecule has 2 aromatic rings. The molecule has 1 aliphatic heterocycles. The molecule has 2 N–H and O–H groups in total. The molecule has 2 heterocycles. The van der Waals surface area contributed by atoms with E-state index in [1.807, 2.05) is 12.1 Å². The summed E-state index contributed by atoms with van der Waals surface area (Å²) >= 11 is 5.79. The fourth-order valence-corrected chi connectivity index (χ4v) is 4.18. The van der Waals surface area contributed by atoms with E-state index in [4.69, 9.17) is 16.3 Å². The van der Waals surface area contributed by atoms with Crippen molar-refractivity contribution in [2.75, 3.05) is 31.2 Å². The summed E-state index contributed by atoms with van der Waals surface area (Å²) in [6, 6.07) is 8.53. The summed E-state index contributed by atoms with van der Waals surface area (Å²) in [7, 11) is -3.82. The predicted molar refractivity (Wildman–Crippen MR) is 110 cm³/mol. The zero-order valence-corrected chi connectivity index (χ0v) is 17.5. The van der Waals surface area contributed by atoms with Gasteiger partial charge in [0.05, 0.1) is 24.2 Å². The average Bonchev–Trinajstić information content (AvgIpc) is 2.73. The number of halogens is 1. The molecule has 0 radical (unpaired) electrons. The Hall–Kier alpha value is -2.20. The van der Waals surface area contributed by atoms with Crippen molar-refractivity contribution < 1.29 is 17.9 Å². The first-order chi connectivity index (χ1) is 13.8. The first-order valence-corrected chi connectivity index (χ1v) is 11.0. The second-order valence-corrected chi connectivity index (χ2v) is 8.79. The Kier molecular flexibility index (Phi) is 7.07. The summed E-state index contributed by atoms with van der Waals surface area (Å²) < 4.78 is 32.5.